The Labute approximate surface area is 145 Å². The van der Waals surface area contributed by atoms with Crippen LogP contribution in [0.25, 0.3) is 0 Å². The summed E-state index contributed by atoms with van der Waals surface area (Å²) in [4.78, 5) is 0. The predicted octanol–water partition coefficient (Wildman–Crippen LogP) is 6.84. The first-order valence-electron chi connectivity index (χ1n) is 10.5. The van der Waals surface area contributed by atoms with Gasteiger partial charge in [0.05, 0.1) is 0 Å². The van der Waals surface area contributed by atoms with Crippen molar-refractivity contribution in [3.05, 3.63) is 0 Å². The van der Waals surface area contributed by atoms with E-state index < -0.39 is 0 Å². The second-order valence-electron chi connectivity index (χ2n) is 9.47. The first-order valence-corrected chi connectivity index (χ1v) is 10.5. The van der Waals surface area contributed by atoms with Gasteiger partial charge < -0.3 is 0 Å². The molecule has 0 aromatic carbocycles. The van der Waals surface area contributed by atoms with E-state index in [0.717, 1.165) is 29.6 Å². The minimum Gasteiger partial charge on any atom is -0.106 e. The summed E-state index contributed by atoms with van der Waals surface area (Å²) in [6.07, 6.45) is 17.8. The van der Waals surface area contributed by atoms with Crippen molar-refractivity contribution in [1.82, 2.24) is 0 Å². The molecule has 23 heavy (non-hydrogen) atoms. The molecule has 0 unspecified atom stereocenters. The Kier molecular flexibility index (Phi) is 5.77. The van der Waals surface area contributed by atoms with Crippen LogP contribution in [0.15, 0.2) is 0 Å². The van der Waals surface area contributed by atoms with E-state index in [1.807, 2.05) is 6.92 Å². The molecule has 0 saturated heterocycles. The highest BCUT2D eigenvalue weighted by molar-refractivity contribution is 5.10. The summed E-state index contributed by atoms with van der Waals surface area (Å²) in [5.41, 5.74) is 0.335. The molecule has 0 N–H and O–H groups in total. The SMILES string of the molecule is CC#CC1(C)CCC(C2CCC(C3CCC(C)CC3)CC2)CC1. The molecule has 0 aliphatic heterocycles. The van der Waals surface area contributed by atoms with E-state index in [1.165, 1.54) is 64.2 Å². The topological polar surface area (TPSA) is 0 Å². The van der Waals surface area contributed by atoms with Crippen LogP contribution in [-0.4, -0.2) is 0 Å². The molecule has 3 aliphatic carbocycles. The van der Waals surface area contributed by atoms with Gasteiger partial charge in [-0.2, -0.15) is 0 Å². The fraction of sp³-hybridized carbons (Fsp3) is 0.913. The minimum absolute atomic E-state index is 0.335. The zero-order chi connectivity index (χ0) is 16.3. The van der Waals surface area contributed by atoms with E-state index in [0.29, 0.717) is 5.41 Å². The largest absolute Gasteiger partial charge is 0.106 e. The van der Waals surface area contributed by atoms with Gasteiger partial charge in [-0.1, -0.05) is 25.7 Å². The monoisotopic (exact) mass is 314 g/mol. The highest BCUT2D eigenvalue weighted by atomic mass is 14.4. The van der Waals surface area contributed by atoms with Crippen LogP contribution in [0.5, 0.6) is 0 Å². The molecular weight excluding hydrogens is 276 g/mol. The predicted molar refractivity (Wildman–Crippen MR) is 100 cm³/mol. The van der Waals surface area contributed by atoms with Gasteiger partial charge in [-0.15, -0.1) is 5.92 Å². The summed E-state index contributed by atoms with van der Waals surface area (Å²) < 4.78 is 0. The first-order chi connectivity index (χ1) is 11.1. The first kappa shape index (κ1) is 17.4. The molecule has 0 nitrogen and oxygen atoms in total. The minimum atomic E-state index is 0.335. The van der Waals surface area contributed by atoms with Gasteiger partial charge in [0.1, 0.15) is 0 Å². The van der Waals surface area contributed by atoms with Gasteiger partial charge in [-0.05, 0) is 108 Å². The average molecular weight is 315 g/mol. The molecule has 130 valence electrons. The molecule has 0 heterocycles. The van der Waals surface area contributed by atoms with Crippen molar-refractivity contribution >= 4 is 0 Å². The molecule has 0 spiro atoms. The van der Waals surface area contributed by atoms with Gasteiger partial charge in [0.25, 0.3) is 0 Å². The van der Waals surface area contributed by atoms with Crippen molar-refractivity contribution in [2.24, 2.45) is 35.0 Å². The normalized spacial score (nSPS) is 45.1. The smallest absolute Gasteiger partial charge is 0.0286 e. The Balaban J connectivity index is 1.43. The second-order valence-corrected chi connectivity index (χ2v) is 9.47. The molecule has 0 heteroatoms. The lowest BCUT2D eigenvalue weighted by Crippen LogP contribution is -2.31. The highest BCUT2D eigenvalue weighted by Gasteiger charge is 2.36. The summed E-state index contributed by atoms with van der Waals surface area (Å²) in [6.45, 7) is 6.85. The van der Waals surface area contributed by atoms with Crippen molar-refractivity contribution in [1.29, 1.82) is 0 Å². The fourth-order valence-electron chi connectivity index (χ4n) is 6.02. The molecule has 0 atom stereocenters. The Hall–Kier alpha value is -0.440. The molecule has 3 aliphatic rings. The lowest BCUT2D eigenvalue weighted by molar-refractivity contribution is 0.0990. The van der Waals surface area contributed by atoms with Crippen LogP contribution in [0.3, 0.4) is 0 Å². The second kappa shape index (κ2) is 7.63. The summed E-state index contributed by atoms with van der Waals surface area (Å²) in [6, 6.07) is 0. The summed E-state index contributed by atoms with van der Waals surface area (Å²) in [7, 11) is 0. The standard InChI is InChI=1S/C23H38/c1-4-15-23(3)16-13-22(14-17-23)21-11-9-20(10-12-21)19-7-5-18(2)6-8-19/h18-22H,5-14,16-17H2,1-3H3. The fourth-order valence-corrected chi connectivity index (χ4v) is 6.02. The Morgan fingerprint density at radius 1 is 0.652 bits per heavy atom. The summed E-state index contributed by atoms with van der Waals surface area (Å²) in [5, 5.41) is 0. The van der Waals surface area contributed by atoms with E-state index in [4.69, 9.17) is 0 Å². The number of hydrogen-bond donors (Lipinski definition) is 0. The van der Waals surface area contributed by atoms with Crippen molar-refractivity contribution in [3.63, 3.8) is 0 Å². The van der Waals surface area contributed by atoms with Crippen LogP contribution in [-0.2, 0) is 0 Å². The Bertz CT molecular complexity index is 413. The molecule has 0 aromatic rings. The van der Waals surface area contributed by atoms with Gasteiger partial charge in [-0.3, -0.25) is 0 Å². The highest BCUT2D eigenvalue weighted by Crippen LogP contribution is 2.47. The quantitative estimate of drug-likeness (QED) is 0.489. The Morgan fingerprint density at radius 2 is 1.04 bits per heavy atom. The van der Waals surface area contributed by atoms with E-state index >= 15 is 0 Å². The van der Waals surface area contributed by atoms with Gasteiger partial charge >= 0.3 is 0 Å². The maximum Gasteiger partial charge on any atom is 0.0286 e. The van der Waals surface area contributed by atoms with E-state index in [9.17, 15) is 0 Å². The average Bonchev–Trinajstić information content (AvgIpc) is 2.57. The van der Waals surface area contributed by atoms with E-state index in [1.54, 1.807) is 12.8 Å². The molecule has 3 saturated carbocycles. The van der Waals surface area contributed by atoms with Gasteiger partial charge in [-0.25, -0.2) is 0 Å². The van der Waals surface area contributed by atoms with Crippen LogP contribution in [0.2, 0.25) is 0 Å². The molecule has 0 radical (unpaired) electrons. The van der Waals surface area contributed by atoms with Crippen LogP contribution in [0, 0.1) is 46.8 Å². The van der Waals surface area contributed by atoms with Crippen molar-refractivity contribution in [3.8, 4) is 11.8 Å². The maximum absolute atomic E-state index is 3.49. The van der Waals surface area contributed by atoms with Crippen LogP contribution >= 0.6 is 0 Å². The number of hydrogen-bond acceptors (Lipinski definition) is 0. The molecular formula is C23H38. The van der Waals surface area contributed by atoms with Crippen LogP contribution < -0.4 is 0 Å². The van der Waals surface area contributed by atoms with Gasteiger partial charge in [0.15, 0.2) is 0 Å². The summed E-state index contributed by atoms with van der Waals surface area (Å²) >= 11 is 0. The molecule has 0 bridgehead atoms. The van der Waals surface area contributed by atoms with Crippen LogP contribution in [0.4, 0.5) is 0 Å². The third-order valence-corrected chi connectivity index (χ3v) is 7.77. The molecule has 3 fully saturated rings. The zero-order valence-corrected chi connectivity index (χ0v) is 15.9. The maximum atomic E-state index is 3.49. The zero-order valence-electron chi connectivity index (χ0n) is 15.9. The third-order valence-electron chi connectivity index (χ3n) is 7.77. The number of rotatable bonds is 2. The van der Waals surface area contributed by atoms with Gasteiger partial charge in [0, 0.05) is 5.41 Å². The van der Waals surface area contributed by atoms with Crippen molar-refractivity contribution < 1.29 is 0 Å². The molecule has 0 amide bonds. The lowest BCUT2D eigenvalue weighted by Gasteiger charge is -2.42. The van der Waals surface area contributed by atoms with Crippen molar-refractivity contribution in [2.75, 3.05) is 0 Å². The van der Waals surface area contributed by atoms with Crippen molar-refractivity contribution in [2.45, 2.75) is 97.8 Å². The Morgan fingerprint density at radius 3 is 1.48 bits per heavy atom. The molecule has 0 aromatic heterocycles. The summed E-state index contributed by atoms with van der Waals surface area (Å²) in [5.74, 6) is 11.9. The van der Waals surface area contributed by atoms with E-state index in [-0.39, 0.29) is 0 Å². The third kappa shape index (κ3) is 4.35. The molecule has 3 rings (SSSR count). The van der Waals surface area contributed by atoms with Crippen LogP contribution in [0.1, 0.15) is 97.8 Å². The van der Waals surface area contributed by atoms with E-state index in [2.05, 4.69) is 25.7 Å². The van der Waals surface area contributed by atoms with Gasteiger partial charge in [0.2, 0.25) is 0 Å². The lowest BCUT2D eigenvalue weighted by atomic mass is 9.63.